The highest BCUT2D eigenvalue weighted by Gasteiger charge is 2.64. The smallest absolute Gasteiger partial charge is 0.250 e. The van der Waals surface area contributed by atoms with Crippen molar-refractivity contribution < 1.29 is 110 Å². The van der Waals surface area contributed by atoms with Gasteiger partial charge in [0.15, 0.2) is 12.6 Å². The van der Waals surface area contributed by atoms with Gasteiger partial charge in [-0.3, -0.25) is 0 Å². The molecule has 0 aromatic rings. The molecule has 0 spiro atoms. The fourth-order valence-corrected chi connectivity index (χ4v) is 6.89. The summed E-state index contributed by atoms with van der Waals surface area (Å²) in [6, 6.07) is 0. The Morgan fingerprint density at radius 1 is 0.447 bits per heavy atom. The van der Waals surface area contributed by atoms with Crippen LogP contribution >= 0.6 is 11.8 Å². The lowest BCUT2D eigenvalue weighted by Gasteiger charge is -2.52. The fraction of sp³-hybridized carbons (Fsp3) is 1.00. The van der Waals surface area contributed by atoms with Gasteiger partial charge in [0.1, 0.15) is 97.7 Å². The summed E-state index contributed by atoms with van der Waals surface area (Å²) in [5.74, 6) is 0. The second kappa shape index (κ2) is 15.4. The molecule has 0 radical (unpaired) electrons. The first-order chi connectivity index (χ1) is 22.0. The average Bonchev–Trinajstić information content (AvgIpc) is 3.05. The minimum atomic E-state index is -3.21. The molecule has 0 amide bonds. The molecule has 0 aromatic heterocycles. The number of aliphatic hydroxyl groups excluding tert-OH is 14. The van der Waals surface area contributed by atoms with Crippen LogP contribution in [0, 0.1) is 0 Å². The van der Waals surface area contributed by atoms with Gasteiger partial charge in [-0.1, -0.05) is 0 Å². The molecule has 0 aliphatic carbocycles. The Morgan fingerprint density at radius 2 is 0.766 bits per heavy atom. The first kappa shape index (κ1) is 39.3. The predicted octanol–water partition coefficient (Wildman–Crippen LogP) is -10.4. The Bertz CT molecular complexity index is 934. The normalized spacial score (nSPS) is 54.4. The van der Waals surface area contributed by atoms with E-state index in [1.807, 2.05) is 0 Å². The second-order valence-electron chi connectivity index (χ2n) is 11.5. The van der Waals surface area contributed by atoms with Gasteiger partial charge in [-0.15, -0.1) is 0 Å². The van der Waals surface area contributed by atoms with Gasteiger partial charge < -0.3 is 110 Å². The van der Waals surface area contributed by atoms with Crippen molar-refractivity contribution in [2.24, 2.45) is 0 Å². The SMILES string of the molecule is OC[C@H]1O[C@@H](O[C@H]2[C@H](O)[C@@H](O)C(O)(SC3(O)O[C@H](CO)[C@@H](O[C@@H]4O[C@H](CO)[C@H](O)[C@H](O)[C@H]4O)[C@H](O)[C@H]3O)O[C@@H]2CO)[C@H](O)[C@@H](O)[C@H]1O. The molecule has 4 rings (SSSR count). The van der Waals surface area contributed by atoms with Crippen LogP contribution in [0.25, 0.3) is 0 Å². The third-order valence-corrected chi connectivity index (χ3v) is 9.63. The Hall–Kier alpha value is -0.530. The molecular formula is C24H42O22S. The lowest BCUT2D eigenvalue weighted by atomic mass is 9.96. The van der Waals surface area contributed by atoms with Gasteiger partial charge in [0, 0.05) is 0 Å². The van der Waals surface area contributed by atoms with Crippen molar-refractivity contribution in [2.75, 3.05) is 26.4 Å². The maximum atomic E-state index is 11.2. The lowest BCUT2D eigenvalue weighted by Crippen LogP contribution is -2.71. The third-order valence-electron chi connectivity index (χ3n) is 8.37. The van der Waals surface area contributed by atoms with Crippen molar-refractivity contribution >= 4 is 11.8 Å². The Kier molecular flexibility index (Phi) is 12.8. The largest absolute Gasteiger partial charge is 0.394 e. The zero-order valence-electron chi connectivity index (χ0n) is 24.2. The summed E-state index contributed by atoms with van der Waals surface area (Å²) in [5, 5.41) is 159. The van der Waals surface area contributed by atoms with Crippen LogP contribution in [0.2, 0.25) is 0 Å². The first-order valence-corrected chi connectivity index (χ1v) is 15.2. The highest BCUT2D eigenvalue weighted by atomic mass is 32.2. The van der Waals surface area contributed by atoms with Gasteiger partial charge in [-0.05, 0) is 11.8 Å². The van der Waals surface area contributed by atoms with E-state index in [2.05, 4.69) is 0 Å². The molecule has 47 heavy (non-hydrogen) atoms. The summed E-state index contributed by atoms with van der Waals surface area (Å²) >= 11 is -0.345. The highest BCUT2D eigenvalue weighted by Crippen LogP contribution is 2.48. The standard InChI is InChI=1S/C24H42O22S/c25-1-5-9(29)11(31)13(33)21(41-5)43-17-7(3-27)45-23(39,19(37)15(17)35)47-24(40)20(38)16(36)18(8(4-28)46-24)44-22-14(34)12(32)10(30)6(2-26)42-22/h5-22,25-40H,1-4H2/t5-,6-,7-,8-,9+,10+,11+,12+,13-,14-,15+,16+,17-,18-,19-,20-,21+,22+,23?,24?/m1/s1. The molecule has 0 aromatic carbocycles. The molecule has 2 unspecified atom stereocenters. The van der Waals surface area contributed by atoms with E-state index >= 15 is 0 Å². The van der Waals surface area contributed by atoms with Gasteiger partial charge in [-0.2, -0.15) is 0 Å². The number of hydrogen-bond donors (Lipinski definition) is 16. The number of aliphatic hydroxyl groups is 16. The molecular weight excluding hydrogens is 672 g/mol. The summed E-state index contributed by atoms with van der Waals surface area (Å²) in [5.41, 5.74) is 0. The maximum Gasteiger partial charge on any atom is 0.250 e. The van der Waals surface area contributed by atoms with Gasteiger partial charge in [0.05, 0.1) is 26.4 Å². The zero-order chi connectivity index (χ0) is 35.2. The molecule has 4 fully saturated rings. The van der Waals surface area contributed by atoms with E-state index in [-0.39, 0.29) is 11.8 Å². The average molecular weight is 715 g/mol. The summed E-state index contributed by atoms with van der Waals surface area (Å²) in [4.78, 5) is 0. The zero-order valence-corrected chi connectivity index (χ0v) is 25.1. The van der Waals surface area contributed by atoms with Crippen LogP contribution in [-0.4, -0.2) is 229 Å². The number of hydrogen-bond acceptors (Lipinski definition) is 23. The summed E-state index contributed by atoms with van der Waals surface area (Å²) in [7, 11) is 0. The molecule has 4 aliphatic heterocycles. The first-order valence-electron chi connectivity index (χ1n) is 14.3. The summed E-state index contributed by atoms with van der Waals surface area (Å²) in [6.45, 7) is -3.86. The van der Waals surface area contributed by atoms with E-state index < -0.39 is 147 Å². The number of rotatable bonds is 10. The predicted molar refractivity (Wildman–Crippen MR) is 143 cm³/mol. The van der Waals surface area contributed by atoms with Gasteiger partial charge >= 0.3 is 0 Å². The van der Waals surface area contributed by atoms with Crippen LogP contribution in [0.3, 0.4) is 0 Å². The van der Waals surface area contributed by atoms with Crippen molar-refractivity contribution in [3.63, 3.8) is 0 Å². The molecule has 4 saturated heterocycles. The van der Waals surface area contributed by atoms with Gasteiger partial charge in [-0.25, -0.2) is 0 Å². The van der Waals surface area contributed by atoms with Crippen molar-refractivity contribution in [2.45, 2.75) is 120 Å². The van der Waals surface area contributed by atoms with Crippen molar-refractivity contribution in [1.82, 2.24) is 0 Å². The van der Waals surface area contributed by atoms with E-state index in [1.54, 1.807) is 0 Å². The molecule has 4 heterocycles. The Balaban J connectivity index is 1.50. The fourth-order valence-electron chi connectivity index (χ4n) is 5.60. The van der Waals surface area contributed by atoms with E-state index in [9.17, 15) is 81.7 Å². The molecule has 0 saturated carbocycles. The molecule has 22 nitrogen and oxygen atoms in total. The monoisotopic (exact) mass is 714 g/mol. The number of ether oxygens (including phenoxy) is 6. The van der Waals surface area contributed by atoms with Gasteiger partial charge in [0.2, 0.25) is 0 Å². The lowest BCUT2D eigenvalue weighted by molar-refractivity contribution is -0.370. The van der Waals surface area contributed by atoms with Crippen LogP contribution in [0.5, 0.6) is 0 Å². The van der Waals surface area contributed by atoms with E-state index in [0.717, 1.165) is 0 Å². The second-order valence-corrected chi connectivity index (χ2v) is 12.9. The summed E-state index contributed by atoms with van der Waals surface area (Å²) < 4.78 is 31.8. The minimum absolute atomic E-state index is 0.345. The Labute approximate surface area is 269 Å². The van der Waals surface area contributed by atoms with Crippen LogP contribution in [0.15, 0.2) is 0 Å². The van der Waals surface area contributed by atoms with E-state index in [4.69, 9.17) is 28.4 Å². The molecule has 276 valence electrons. The number of thioether (sulfide) groups is 1. The van der Waals surface area contributed by atoms with Crippen LogP contribution in [0.1, 0.15) is 0 Å². The maximum absolute atomic E-state index is 11.2. The molecule has 23 heteroatoms. The topological polar surface area (TPSA) is 379 Å². The van der Waals surface area contributed by atoms with Crippen LogP contribution in [-0.2, 0) is 28.4 Å². The van der Waals surface area contributed by atoms with Crippen molar-refractivity contribution in [3.05, 3.63) is 0 Å². The van der Waals surface area contributed by atoms with Crippen molar-refractivity contribution in [1.29, 1.82) is 0 Å². The molecule has 0 bridgehead atoms. The van der Waals surface area contributed by atoms with Gasteiger partial charge in [0.25, 0.3) is 10.2 Å². The Morgan fingerprint density at radius 3 is 1.06 bits per heavy atom. The summed E-state index contributed by atoms with van der Waals surface area (Å²) in [6.07, 6.45) is -34.9. The molecule has 4 aliphatic rings. The van der Waals surface area contributed by atoms with Crippen LogP contribution < -0.4 is 0 Å². The quantitative estimate of drug-likeness (QED) is 0.0934. The minimum Gasteiger partial charge on any atom is -0.394 e. The molecule has 16 N–H and O–H groups in total. The van der Waals surface area contributed by atoms with E-state index in [1.165, 1.54) is 0 Å². The molecule has 20 atom stereocenters. The van der Waals surface area contributed by atoms with E-state index in [0.29, 0.717) is 0 Å². The third kappa shape index (κ3) is 7.44. The highest BCUT2D eigenvalue weighted by molar-refractivity contribution is 8.01. The van der Waals surface area contributed by atoms with Crippen LogP contribution in [0.4, 0.5) is 0 Å². The van der Waals surface area contributed by atoms with Crippen molar-refractivity contribution in [3.8, 4) is 0 Å².